The van der Waals surface area contributed by atoms with Crippen molar-refractivity contribution >= 4 is 11.6 Å². The fraction of sp³-hybridized carbons (Fsp3) is 0.278. The first-order valence-corrected chi connectivity index (χ1v) is 7.70. The molecule has 1 aliphatic rings. The van der Waals surface area contributed by atoms with Crippen LogP contribution in [0.4, 0.5) is 18.9 Å². The number of hydrogen-bond donors (Lipinski definition) is 2. The average molecular weight is 334 g/mol. The molecular weight excluding hydrogens is 317 g/mol. The molecule has 0 unspecified atom stereocenters. The Bertz CT molecular complexity index is 739. The lowest BCUT2D eigenvalue weighted by Gasteiger charge is -2.18. The van der Waals surface area contributed by atoms with E-state index in [0.29, 0.717) is 11.3 Å². The molecule has 2 aromatic carbocycles. The molecule has 6 heteroatoms. The molecule has 3 rings (SSSR count). The van der Waals surface area contributed by atoms with Gasteiger partial charge in [0.2, 0.25) is 5.91 Å². The maximum absolute atomic E-state index is 12.5. The van der Waals surface area contributed by atoms with E-state index in [0.717, 1.165) is 37.2 Å². The normalized spacial score (nSPS) is 14.1. The summed E-state index contributed by atoms with van der Waals surface area (Å²) in [6.45, 7) is 1.73. The molecule has 0 saturated heterocycles. The second kappa shape index (κ2) is 6.65. The number of carbonyl (C=O) groups excluding carboxylic acids is 1. The van der Waals surface area contributed by atoms with Crippen LogP contribution in [0.25, 0.3) is 0 Å². The fourth-order valence-electron chi connectivity index (χ4n) is 2.76. The Labute approximate surface area is 137 Å². The van der Waals surface area contributed by atoms with E-state index in [4.69, 9.17) is 0 Å². The fourth-order valence-corrected chi connectivity index (χ4v) is 2.76. The third-order valence-corrected chi connectivity index (χ3v) is 4.02. The van der Waals surface area contributed by atoms with E-state index in [-0.39, 0.29) is 12.3 Å². The molecule has 24 heavy (non-hydrogen) atoms. The summed E-state index contributed by atoms with van der Waals surface area (Å²) in [5.41, 5.74) is 2.96. The van der Waals surface area contributed by atoms with Gasteiger partial charge >= 0.3 is 6.18 Å². The monoisotopic (exact) mass is 334 g/mol. The highest BCUT2D eigenvalue weighted by Crippen LogP contribution is 2.29. The molecule has 0 radical (unpaired) electrons. The first-order valence-electron chi connectivity index (χ1n) is 7.70. The maximum atomic E-state index is 12.5. The van der Waals surface area contributed by atoms with E-state index >= 15 is 0 Å². The molecule has 1 aliphatic heterocycles. The Morgan fingerprint density at radius 3 is 2.54 bits per heavy atom. The summed E-state index contributed by atoms with van der Waals surface area (Å²) in [7, 11) is 0. The number of fused-ring (bicyclic) bond motifs is 1. The molecule has 0 fully saturated rings. The lowest BCUT2D eigenvalue weighted by atomic mass is 10.0. The summed E-state index contributed by atoms with van der Waals surface area (Å²) in [4.78, 5) is 12.1. The Balaban J connectivity index is 1.63. The van der Waals surface area contributed by atoms with E-state index < -0.39 is 11.7 Å². The van der Waals surface area contributed by atoms with Crippen molar-refractivity contribution in [3.63, 3.8) is 0 Å². The Morgan fingerprint density at radius 2 is 1.83 bits per heavy atom. The number of hydrogen-bond acceptors (Lipinski definition) is 2. The van der Waals surface area contributed by atoms with Gasteiger partial charge in [0, 0.05) is 12.2 Å². The van der Waals surface area contributed by atoms with Crippen LogP contribution in [0.5, 0.6) is 0 Å². The standard InChI is InChI=1S/C18H17F3N2O/c19-18(20,21)15-4-1-12(2-5-15)9-17(24)23-16-6-3-13-7-8-22-11-14(13)10-16/h1-6,10,22H,7-9,11H2,(H,23,24). The van der Waals surface area contributed by atoms with Crippen molar-refractivity contribution in [1.29, 1.82) is 0 Å². The van der Waals surface area contributed by atoms with Crippen LogP contribution in [-0.2, 0) is 30.4 Å². The molecule has 1 amide bonds. The van der Waals surface area contributed by atoms with Crippen LogP contribution in [0.3, 0.4) is 0 Å². The third kappa shape index (κ3) is 3.94. The summed E-state index contributed by atoms with van der Waals surface area (Å²) < 4.78 is 37.6. The van der Waals surface area contributed by atoms with Gasteiger partial charge in [-0.1, -0.05) is 18.2 Å². The Morgan fingerprint density at radius 1 is 1.08 bits per heavy atom. The van der Waals surface area contributed by atoms with Crippen LogP contribution in [0.2, 0.25) is 0 Å². The highest BCUT2D eigenvalue weighted by Gasteiger charge is 2.29. The van der Waals surface area contributed by atoms with Crippen LogP contribution in [0.1, 0.15) is 22.3 Å². The van der Waals surface area contributed by atoms with Gasteiger partial charge in [-0.2, -0.15) is 13.2 Å². The Hall–Kier alpha value is -2.34. The van der Waals surface area contributed by atoms with Crippen molar-refractivity contribution < 1.29 is 18.0 Å². The predicted octanol–water partition coefficient (Wildman–Crippen LogP) is 3.53. The zero-order chi connectivity index (χ0) is 17.2. The lowest BCUT2D eigenvalue weighted by Crippen LogP contribution is -2.24. The van der Waals surface area contributed by atoms with E-state index in [1.165, 1.54) is 17.7 Å². The van der Waals surface area contributed by atoms with E-state index in [1.54, 1.807) is 0 Å². The van der Waals surface area contributed by atoms with Crippen molar-refractivity contribution in [2.75, 3.05) is 11.9 Å². The SMILES string of the molecule is O=C(Cc1ccc(C(F)(F)F)cc1)Nc1ccc2c(c1)CNCC2. The minimum absolute atomic E-state index is 0.0352. The molecule has 3 nitrogen and oxygen atoms in total. The Kier molecular flexibility index (Phi) is 4.57. The third-order valence-electron chi connectivity index (χ3n) is 4.02. The van der Waals surface area contributed by atoms with Crippen molar-refractivity contribution in [2.45, 2.75) is 25.6 Å². The van der Waals surface area contributed by atoms with Crippen LogP contribution in [0, 0.1) is 0 Å². The quantitative estimate of drug-likeness (QED) is 0.901. The van der Waals surface area contributed by atoms with Gasteiger partial charge in [0.25, 0.3) is 0 Å². The first-order chi connectivity index (χ1) is 11.4. The van der Waals surface area contributed by atoms with Crippen LogP contribution >= 0.6 is 0 Å². The highest BCUT2D eigenvalue weighted by molar-refractivity contribution is 5.92. The number of rotatable bonds is 3. The van der Waals surface area contributed by atoms with Gasteiger partial charge in [0.05, 0.1) is 12.0 Å². The molecular formula is C18H17F3N2O. The number of alkyl halides is 3. The first kappa shape index (κ1) is 16.5. The predicted molar refractivity (Wildman–Crippen MR) is 85.6 cm³/mol. The summed E-state index contributed by atoms with van der Waals surface area (Å²) in [6, 6.07) is 10.4. The molecule has 126 valence electrons. The molecule has 2 N–H and O–H groups in total. The maximum Gasteiger partial charge on any atom is 0.416 e. The molecule has 0 aromatic heterocycles. The van der Waals surface area contributed by atoms with Crippen LogP contribution in [-0.4, -0.2) is 12.5 Å². The number of halogens is 3. The topological polar surface area (TPSA) is 41.1 Å². The summed E-state index contributed by atoms with van der Waals surface area (Å²) in [5.74, 6) is -0.251. The number of nitrogens with one attached hydrogen (secondary N) is 2. The molecule has 0 atom stereocenters. The highest BCUT2D eigenvalue weighted by atomic mass is 19.4. The van der Waals surface area contributed by atoms with Gasteiger partial charge in [-0.05, 0) is 53.9 Å². The summed E-state index contributed by atoms with van der Waals surface area (Å²) in [5, 5.41) is 6.07. The number of amides is 1. The smallest absolute Gasteiger partial charge is 0.326 e. The van der Waals surface area contributed by atoms with Crippen LogP contribution < -0.4 is 10.6 Å². The van der Waals surface area contributed by atoms with Gasteiger partial charge in [-0.25, -0.2) is 0 Å². The molecule has 0 aliphatic carbocycles. The minimum Gasteiger partial charge on any atom is -0.326 e. The number of carbonyl (C=O) groups is 1. The second-order valence-electron chi connectivity index (χ2n) is 5.83. The summed E-state index contributed by atoms with van der Waals surface area (Å²) in [6.07, 6.45) is -3.36. The zero-order valence-corrected chi connectivity index (χ0v) is 12.9. The van der Waals surface area contributed by atoms with Crippen molar-refractivity contribution in [3.05, 3.63) is 64.7 Å². The molecule has 0 spiro atoms. The average Bonchev–Trinajstić information content (AvgIpc) is 2.54. The second-order valence-corrected chi connectivity index (χ2v) is 5.83. The van der Waals surface area contributed by atoms with Crippen LogP contribution in [0.15, 0.2) is 42.5 Å². The van der Waals surface area contributed by atoms with Crippen molar-refractivity contribution in [2.24, 2.45) is 0 Å². The zero-order valence-electron chi connectivity index (χ0n) is 12.9. The van der Waals surface area contributed by atoms with Gasteiger partial charge < -0.3 is 10.6 Å². The van der Waals surface area contributed by atoms with Gasteiger partial charge in [0.15, 0.2) is 0 Å². The lowest BCUT2D eigenvalue weighted by molar-refractivity contribution is -0.137. The van der Waals surface area contributed by atoms with Gasteiger partial charge in [-0.15, -0.1) is 0 Å². The van der Waals surface area contributed by atoms with E-state index in [2.05, 4.69) is 10.6 Å². The summed E-state index contributed by atoms with van der Waals surface area (Å²) >= 11 is 0. The minimum atomic E-state index is -4.36. The van der Waals surface area contributed by atoms with Crippen molar-refractivity contribution in [3.8, 4) is 0 Å². The molecule has 2 aromatic rings. The molecule has 0 saturated carbocycles. The molecule has 0 bridgehead atoms. The van der Waals surface area contributed by atoms with Gasteiger partial charge in [-0.3, -0.25) is 4.79 Å². The largest absolute Gasteiger partial charge is 0.416 e. The molecule has 1 heterocycles. The van der Waals surface area contributed by atoms with E-state index in [1.807, 2.05) is 18.2 Å². The number of anilines is 1. The van der Waals surface area contributed by atoms with Crippen molar-refractivity contribution in [1.82, 2.24) is 5.32 Å². The van der Waals surface area contributed by atoms with E-state index in [9.17, 15) is 18.0 Å². The number of benzene rings is 2. The van der Waals surface area contributed by atoms with Gasteiger partial charge in [0.1, 0.15) is 0 Å².